The van der Waals surface area contributed by atoms with Gasteiger partial charge in [-0.15, -0.1) is 0 Å². The number of nitrogens with one attached hydrogen (secondary N) is 1. The highest BCUT2D eigenvalue weighted by molar-refractivity contribution is 9.09. The summed E-state index contributed by atoms with van der Waals surface area (Å²) in [6.45, 7) is 7.17. The molecule has 3 heteroatoms. The van der Waals surface area contributed by atoms with E-state index in [1.54, 1.807) is 0 Å². The largest absolute Gasteiger partial charge is 0.356 e. The molecule has 2 unspecified atom stereocenters. The summed E-state index contributed by atoms with van der Waals surface area (Å²) in [4.78, 5) is 11.8. The third-order valence-corrected chi connectivity index (χ3v) is 3.76. The van der Waals surface area contributed by atoms with Crippen molar-refractivity contribution in [2.24, 2.45) is 11.8 Å². The lowest BCUT2D eigenvalue weighted by Gasteiger charge is -2.16. The van der Waals surface area contributed by atoms with Crippen LogP contribution < -0.4 is 5.32 Å². The number of carbonyl (C=O) groups excluding carboxylic acids is 1. The number of hydrogen-bond acceptors (Lipinski definition) is 1. The first kappa shape index (κ1) is 14.9. The Morgan fingerprint density at radius 2 is 2.07 bits per heavy atom. The number of amides is 1. The van der Waals surface area contributed by atoms with E-state index >= 15 is 0 Å². The smallest absolute Gasteiger partial charge is 0.223 e. The average Bonchev–Trinajstić information content (AvgIpc) is 2.26. The van der Waals surface area contributed by atoms with E-state index in [4.69, 9.17) is 0 Å². The van der Waals surface area contributed by atoms with E-state index in [0.717, 1.165) is 31.1 Å². The molecule has 1 N–H and O–H groups in total. The maximum absolute atomic E-state index is 11.8. The summed E-state index contributed by atoms with van der Waals surface area (Å²) in [6.07, 6.45) is 4.30. The maximum atomic E-state index is 11.8. The molecule has 0 aliphatic rings. The SMILES string of the molecule is CCCCC(CC)C(=O)NCC(C)CBr. The monoisotopic (exact) mass is 277 g/mol. The molecular weight excluding hydrogens is 254 g/mol. The van der Waals surface area contributed by atoms with E-state index in [2.05, 4.69) is 42.0 Å². The van der Waals surface area contributed by atoms with Crippen LogP contribution in [-0.4, -0.2) is 17.8 Å². The molecule has 2 atom stereocenters. The van der Waals surface area contributed by atoms with Gasteiger partial charge in [0.15, 0.2) is 0 Å². The summed E-state index contributed by atoms with van der Waals surface area (Å²) >= 11 is 3.41. The molecule has 0 saturated heterocycles. The quantitative estimate of drug-likeness (QED) is 0.678. The molecular formula is C12H24BrNO. The zero-order valence-electron chi connectivity index (χ0n) is 10.2. The fraction of sp³-hybridized carbons (Fsp3) is 0.917. The lowest BCUT2D eigenvalue weighted by atomic mass is 9.98. The predicted molar refractivity (Wildman–Crippen MR) is 69.3 cm³/mol. The lowest BCUT2D eigenvalue weighted by Crippen LogP contribution is -2.34. The Labute approximate surface area is 102 Å². The minimum Gasteiger partial charge on any atom is -0.356 e. The molecule has 90 valence electrons. The normalized spacial score (nSPS) is 14.7. The van der Waals surface area contributed by atoms with Crippen molar-refractivity contribution in [3.63, 3.8) is 0 Å². The molecule has 0 spiro atoms. The van der Waals surface area contributed by atoms with Crippen LogP contribution in [0.15, 0.2) is 0 Å². The van der Waals surface area contributed by atoms with Crippen LogP contribution in [0, 0.1) is 11.8 Å². The van der Waals surface area contributed by atoms with Crippen molar-refractivity contribution in [1.29, 1.82) is 0 Å². The minimum absolute atomic E-state index is 0.215. The van der Waals surface area contributed by atoms with E-state index in [0.29, 0.717) is 5.92 Å². The van der Waals surface area contributed by atoms with Crippen LogP contribution in [0.4, 0.5) is 0 Å². The number of alkyl halides is 1. The second kappa shape index (κ2) is 9.20. The van der Waals surface area contributed by atoms with Gasteiger partial charge in [-0.2, -0.15) is 0 Å². The highest BCUT2D eigenvalue weighted by Crippen LogP contribution is 2.12. The van der Waals surface area contributed by atoms with Crippen molar-refractivity contribution in [3.8, 4) is 0 Å². The molecule has 0 rings (SSSR count). The number of halogens is 1. The molecule has 0 saturated carbocycles. The van der Waals surface area contributed by atoms with Gasteiger partial charge in [-0.25, -0.2) is 0 Å². The van der Waals surface area contributed by atoms with Gasteiger partial charge in [0.05, 0.1) is 0 Å². The third-order valence-electron chi connectivity index (χ3n) is 2.66. The van der Waals surface area contributed by atoms with E-state index in [1.807, 2.05) is 0 Å². The Hall–Kier alpha value is -0.0500. The van der Waals surface area contributed by atoms with Crippen molar-refractivity contribution in [2.75, 3.05) is 11.9 Å². The molecule has 0 radical (unpaired) electrons. The van der Waals surface area contributed by atoms with Gasteiger partial charge >= 0.3 is 0 Å². The van der Waals surface area contributed by atoms with Crippen LogP contribution in [0.5, 0.6) is 0 Å². The Bertz CT molecular complexity index is 173. The Morgan fingerprint density at radius 1 is 1.40 bits per heavy atom. The Balaban J connectivity index is 3.82. The molecule has 0 aromatic rings. The Kier molecular flexibility index (Phi) is 9.17. The number of hydrogen-bond donors (Lipinski definition) is 1. The minimum atomic E-state index is 0.215. The number of carbonyl (C=O) groups is 1. The van der Waals surface area contributed by atoms with E-state index in [9.17, 15) is 4.79 Å². The van der Waals surface area contributed by atoms with Gasteiger partial charge in [0.1, 0.15) is 0 Å². The van der Waals surface area contributed by atoms with Crippen molar-refractivity contribution in [2.45, 2.75) is 46.5 Å². The first-order chi connectivity index (χ1) is 7.15. The molecule has 0 heterocycles. The summed E-state index contributed by atoms with van der Waals surface area (Å²) in [6, 6.07) is 0. The zero-order chi connectivity index (χ0) is 11.7. The van der Waals surface area contributed by atoms with E-state index in [1.165, 1.54) is 6.42 Å². The summed E-state index contributed by atoms with van der Waals surface area (Å²) in [5, 5.41) is 3.97. The van der Waals surface area contributed by atoms with Crippen LogP contribution in [0.1, 0.15) is 46.5 Å². The standard InChI is InChI=1S/C12H24BrNO/c1-4-6-7-11(5-2)12(15)14-9-10(3)8-13/h10-11H,4-9H2,1-3H3,(H,14,15). The van der Waals surface area contributed by atoms with Gasteiger partial charge in [0.2, 0.25) is 5.91 Å². The summed E-state index contributed by atoms with van der Waals surface area (Å²) < 4.78 is 0. The van der Waals surface area contributed by atoms with Crippen LogP contribution in [0.3, 0.4) is 0 Å². The molecule has 15 heavy (non-hydrogen) atoms. The summed E-state index contributed by atoms with van der Waals surface area (Å²) in [5.74, 6) is 0.962. The highest BCUT2D eigenvalue weighted by atomic mass is 79.9. The number of rotatable bonds is 8. The molecule has 1 amide bonds. The van der Waals surface area contributed by atoms with Gasteiger partial charge in [-0.1, -0.05) is 49.5 Å². The Morgan fingerprint density at radius 3 is 2.53 bits per heavy atom. The molecule has 2 nitrogen and oxygen atoms in total. The molecule has 0 aromatic carbocycles. The van der Waals surface area contributed by atoms with Crippen molar-refractivity contribution in [3.05, 3.63) is 0 Å². The van der Waals surface area contributed by atoms with Crippen LogP contribution in [-0.2, 0) is 4.79 Å². The first-order valence-corrected chi connectivity index (χ1v) is 7.11. The lowest BCUT2D eigenvalue weighted by molar-refractivity contribution is -0.125. The first-order valence-electron chi connectivity index (χ1n) is 5.99. The molecule has 0 aliphatic heterocycles. The fourth-order valence-corrected chi connectivity index (χ4v) is 1.67. The average molecular weight is 278 g/mol. The summed E-state index contributed by atoms with van der Waals surface area (Å²) in [5.41, 5.74) is 0. The molecule has 0 aliphatic carbocycles. The van der Waals surface area contributed by atoms with Crippen LogP contribution in [0.25, 0.3) is 0 Å². The van der Waals surface area contributed by atoms with Crippen molar-refractivity contribution in [1.82, 2.24) is 5.32 Å². The molecule has 0 bridgehead atoms. The van der Waals surface area contributed by atoms with Gasteiger partial charge in [0, 0.05) is 17.8 Å². The van der Waals surface area contributed by atoms with Crippen LogP contribution >= 0.6 is 15.9 Å². The molecule has 0 fully saturated rings. The topological polar surface area (TPSA) is 29.1 Å². The van der Waals surface area contributed by atoms with Gasteiger partial charge < -0.3 is 5.32 Å². The van der Waals surface area contributed by atoms with Gasteiger partial charge in [0.25, 0.3) is 0 Å². The third kappa shape index (κ3) is 6.93. The van der Waals surface area contributed by atoms with Crippen molar-refractivity contribution >= 4 is 21.8 Å². The van der Waals surface area contributed by atoms with Crippen LogP contribution in [0.2, 0.25) is 0 Å². The maximum Gasteiger partial charge on any atom is 0.223 e. The van der Waals surface area contributed by atoms with E-state index < -0.39 is 0 Å². The predicted octanol–water partition coefficient (Wildman–Crippen LogP) is 3.35. The van der Waals surface area contributed by atoms with Gasteiger partial charge in [-0.05, 0) is 18.8 Å². The second-order valence-electron chi connectivity index (χ2n) is 4.25. The molecule has 0 aromatic heterocycles. The zero-order valence-corrected chi connectivity index (χ0v) is 11.8. The van der Waals surface area contributed by atoms with E-state index in [-0.39, 0.29) is 11.8 Å². The summed E-state index contributed by atoms with van der Waals surface area (Å²) in [7, 11) is 0. The second-order valence-corrected chi connectivity index (χ2v) is 4.90. The van der Waals surface area contributed by atoms with Gasteiger partial charge in [-0.3, -0.25) is 4.79 Å². The highest BCUT2D eigenvalue weighted by Gasteiger charge is 2.15. The van der Waals surface area contributed by atoms with Crippen molar-refractivity contribution < 1.29 is 4.79 Å². The fourth-order valence-electron chi connectivity index (χ4n) is 1.44. The number of unbranched alkanes of at least 4 members (excludes halogenated alkanes) is 1.